The predicted molar refractivity (Wildman–Crippen MR) is 91.2 cm³/mol. The number of hydrogen-bond donors (Lipinski definition) is 2. The average molecular weight is 324 g/mol. The van der Waals surface area contributed by atoms with Gasteiger partial charge in [-0.2, -0.15) is 0 Å². The topological polar surface area (TPSA) is 44.7 Å². The Morgan fingerprint density at radius 1 is 1.26 bits per heavy atom. The van der Waals surface area contributed by atoms with E-state index in [2.05, 4.69) is 10.2 Å². The van der Waals surface area contributed by atoms with Gasteiger partial charge < -0.3 is 20.1 Å². The molecule has 0 spiro atoms. The minimum absolute atomic E-state index is 0.211. The normalized spacial score (nSPS) is 18.8. The molecule has 2 N–H and O–H groups in total. The van der Waals surface area contributed by atoms with Crippen molar-refractivity contribution in [1.29, 1.82) is 0 Å². The summed E-state index contributed by atoms with van der Waals surface area (Å²) in [6, 6.07) is 6.90. The van der Waals surface area contributed by atoms with Crippen molar-refractivity contribution >= 4 is 5.69 Å². The largest absolute Gasteiger partial charge is 0.389 e. The molecule has 0 aromatic heterocycles. The van der Waals surface area contributed by atoms with E-state index in [4.69, 9.17) is 4.74 Å². The number of aliphatic hydroxyl groups excluding tert-OH is 1. The number of nitrogens with one attached hydrogen (secondary N) is 1. The molecule has 1 fully saturated rings. The first-order chi connectivity index (χ1) is 10.8. The minimum atomic E-state index is -0.448. The number of nitrogens with zero attached hydrogens (tertiary/aromatic N) is 1. The van der Waals surface area contributed by atoms with Crippen LogP contribution in [0.15, 0.2) is 24.3 Å². The third kappa shape index (κ3) is 6.85. The molecule has 4 nitrogen and oxygen atoms in total. The highest BCUT2D eigenvalue weighted by molar-refractivity contribution is 5.43. The molecule has 0 radical (unpaired) electrons. The van der Waals surface area contributed by atoms with Crippen LogP contribution in [0.2, 0.25) is 0 Å². The molecule has 2 rings (SSSR count). The summed E-state index contributed by atoms with van der Waals surface area (Å²) in [5, 5.41) is 13.5. The van der Waals surface area contributed by atoms with E-state index < -0.39 is 6.10 Å². The molecule has 23 heavy (non-hydrogen) atoms. The lowest BCUT2D eigenvalue weighted by molar-refractivity contribution is -0.0571. The van der Waals surface area contributed by atoms with Crippen molar-refractivity contribution < 1.29 is 14.2 Å². The molecule has 1 aliphatic rings. The number of piperidine rings is 1. The Labute approximate surface area is 138 Å². The van der Waals surface area contributed by atoms with Crippen molar-refractivity contribution in [2.24, 2.45) is 0 Å². The van der Waals surface area contributed by atoms with E-state index in [-0.39, 0.29) is 11.4 Å². The summed E-state index contributed by atoms with van der Waals surface area (Å²) >= 11 is 0. The number of aliphatic hydroxyl groups is 1. The van der Waals surface area contributed by atoms with Gasteiger partial charge in [0.2, 0.25) is 0 Å². The first-order valence-electron chi connectivity index (χ1n) is 8.38. The predicted octanol–water partition coefficient (Wildman–Crippen LogP) is 2.88. The maximum atomic E-state index is 12.9. The molecule has 1 atom stereocenters. The summed E-state index contributed by atoms with van der Waals surface area (Å²) in [6.07, 6.45) is 1.59. The maximum absolute atomic E-state index is 12.9. The highest BCUT2D eigenvalue weighted by Crippen LogP contribution is 2.17. The van der Waals surface area contributed by atoms with Gasteiger partial charge in [-0.15, -0.1) is 0 Å². The Morgan fingerprint density at radius 2 is 1.87 bits per heavy atom. The molecule has 1 unspecified atom stereocenters. The van der Waals surface area contributed by atoms with Gasteiger partial charge in [0.15, 0.2) is 0 Å². The second kappa shape index (κ2) is 8.08. The van der Waals surface area contributed by atoms with E-state index >= 15 is 0 Å². The summed E-state index contributed by atoms with van der Waals surface area (Å²) < 4.78 is 18.5. The Morgan fingerprint density at radius 3 is 2.43 bits per heavy atom. The molecule has 0 aliphatic carbocycles. The molecule has 0 amide bonds. The van der Waals surface area contributed by atoms with Crippen LogP contribution in [0.5, 0.6) is 0 Å². The minimum Gasteiger partial charge on any atom is -0.389 e. The quantitative estimate of drug-likeness (QED) is 0.844. The zero-order valence-electron chi connectivity index (χ0n) is 14.4. The number of halogens is 1. The fourth-order valence-corrected chi connectivity index (χ4v) is 2.74. The van der Waals surface area contributed by atoms with Gasteiger partial charge in [-0.3, -0.25) is 0 Å². The Kier molecular flexibility index (Phi) is 6.39. The van der Waals surface area contributed by atoms with Crippen LogP contribution in [0.3, 0.4) is 0 Å². The van der Waals surface area contributed by atoms with Crippen molar-refractivity contribution in [3.8, 4) is 0 Å². The number of rotatable bonds is 6. The summed E-state index contributed by atoms with van der Waals surface area (Å²) in [5.41, 5.74) is 0.746. The zero-order valence-corrected chi connectivity index (χ0v) is 14.4. The van der Waals surface area contributed by atoms with Gasteiger partial charge in [0.25, 0.3) is 0 Å². The number of anilines is 1. The second-order valence-electron chi connectivity index (χ2n) is 7.30. The molecule has 0 saturated carbocycles. The van der Waals surface area contributed by atoms with Gasteiger partial charge in [-0.1, -0.05) is 0 Å². The van der Waals surface area contributed by atoms with E-state index in [9.17, 15) is 9.50 Å². The highest BCUT2D eigenvalue weighted by Gasteiger charge is 2.22. The standard InChI is InChI=1S/C18H29FN2O2/c1-18(2,3)23-13-17(22)12-21-10-8-16(9-11-21)20-15-6-4-14(19)5-7-15/h4-7,16-17,20,22H,8-13H2,1-3H3. The molecule has 0 bridgehead atoms. The number of hydrogen-bond acceptors (Lipinski definition) is 4. The highest BCUT2D eigenvalue weighted by atomic mass is 19.1. The van der Waals surface area contributed by atoms with E-state index in [1.165, 1.54) is 12.1 Å². The average Bonchev–Trinajstić information content (AvgIpc) is 2.49. The number of likely N-dealkylation sites (tertiary alicyclic amines) is 1. The van der Waals surface area contributed by atoms with Gasteiger partial charge in [0.05, 0.1) is 18.3 Å². The van der Waals surface area contributed by atoms with E-state index in [0.717, 1.165) is 31.6 Å². The fourth-order valence-electron chi connectivity index (χ4n) is 2.74. The Bertz CT molecular complexity index is 465. The smallest absolute Gasteiger partial charge is 0.123 e. The van der Waals surface area contributed by atoms with Crippen molar-refractivity contribution in [2.45, 2.75) is 51.4 Å². The van der Waals surface area contributed by atoms with Crippen LogP contribution < -0.4 is 5.32 Å². The molecule has 1 aromatic rings. The molecule has 1 aliphatic heterocycles. The third-order valence-corrected chi connectivity index (χ3v) is 3.98. The number of β-amino-alcohol motifs (C(OH)–C–C–N with tert-alkyl or cyclic N) is 1. The van der Waals surface area contributed by atoms with E-state index in [1.807, 2.05) is 20.8 Å². The van der Waals surface area contributed by atoms with Crippen molar-refractivity contribution in [2.75, 3.05) is 31.6 Å². The van der Waals surface area contributed by atoms with Gasteiger partial charge in [-0.05, 0) is 57.9 Å². The van der Waals surface area contributed by atoms with Crippen molar-refractivity contribution in [1.82, 2.24) is 4.90 Å². The summed E-state index contributed by atoms with van der Waals surface area (Å²) in [5.74, 6) is -0.211. The Hall–Kier alpha value is -1.17. The summed E-state index contributed by atoms with van der Waals surface area (Å²) in [4.78, 5) is 2.28. The molecule has 1 saturated heterocycles. The number of ether oxygens (including phenoxy) is 1. The van der Waals surface area contributed by atoms with Crippen LogP contribution >= 0.6 is 0 Å². The third-order valence-electron chi connectivity index (χ3n) is 3.98. The lowest BCUT2D eigenvalue weighted by Gasteiger charge is -2.34. The molecular formula is C18H29FN2O2. The van der Waals surface area contributed by atoms with Crippen LogP contribution in [-0.4, -0.2) is 54.0 Å². The van der Waals surface area contributed by atoms with Crippen molar-refractivity contribution in [3.63, 3.8) is 0 Å². The zero-order chi connectivity index (χ0) is 16.9. The first kappa shape index (κ1) is 18.2. The first-order valence-corrected chi connectivity index (χ1v) is 8.38. The molecule has 5 heteroatoms. The van der Waals surface area contributed by atoms with Crippen molar-refractivity contribution in [3.05, 3.63) is 30.1 Å². The summed E-state index contributed by atoms with van der Waals surface area (Å²) in [7, 11) is 0. The lowest BCUT2D eigenvalue weighted by atomic mass is 10.0. The van der Waals surface area contributed by atoms with Gasteiger partial charge in [-0.25, -0.2) is 4.39 Å². The Balaban J connectivity index is 1.68. The molecular weight excluding hydrogens is 295 g/mol. The van der Waals surface area contributed by atoms with Gasteiger partial charge in [0.1, 0.15) is 5.82 Å². The SMILES string of the molecule is CC(C)(C)OCC(O)CN1CCC(Nc2ccc(F)cc2)CC1. The van der Waals surface area contributed by atoms with Crippen LogP contribution in [0, 0.1) is 5.82 Å². The van der Waals surface area contributed by atoms with E-state index in [0.29, 0.717) is 19.2 Å². The van der Waals surface area contributed by atoms with E-state index in [1.54, 1.807) is 12.1 Å². The molecule has 1 heterocycles. The second-order valence-corrected chi connectivity index (χ2v) is 7.30. The number of benzene rings is 1. The lowest BCUT2D eigenvalue weighted by Crippen LogP contribution is -2.44. The van der Waals surface area contributed by atoms with Gasteiger partial charge >= 0.3 is 0 Å². The van der Waals surface area contributed by atoms with Crippen LogP contribution in [0.25, 0.3) is 0 Å². The summed E-state index contributed by atoms with van der Waals surface area (Å²) in [6.45, 7) is 8.90. The van der Waals surface area contributed by atoms with Gasteiger partial charge in [0, 0.05) is 31.4 Å². The molecule has 130 valence electrons. The fraction of sp³-hybridized carbons (Fsp3) is 0.667. The van der Waals surface area contributed by atoms with Crippen LogP contribution in [0.1, 0.15) is 33.6 Å². The monoisotopic (exact) mass is 324 g/mol. The molecule has 1 aromatic carbocycles. The van der Waals surface area contributed by atoms with Crippen LogP contribution in [-0.2, 0) is 4.74 Å². The maximum Gasteiger partial charge on any atom is 0.123 e. The van der Waals surface area contributed by atoms with Crippen LogP contribution in [0.4, 0.5) is 10.1 Å².